The molecule has 1 aromatic rings. The van der Waals surface area contributed by atoms with Crippen molar-refractivity contribution in [2.45, 2.75) is 20.2 Å². The first-order chi connectivity index (χ1) is 9.60. The summed E-state index contributed by atoms with van der Waals surface area (Å²) in [6.45, 7) is 3.54. The molecule has 116 valence electrons. The van der Waals surface area contributed by atoms with E-state index in [1.807, 2.05) is 0 Å². The normalized spacial score (nSPS) is 12.9. The van der Waals surface area contributed by atoms with Crippen LogP contribution in [0.3, 0.4) is 0 Å². The Hall–Kier alpha value is -1.83. The number of alkyl halides is 3. The fraction of sp³-hybridized carbons (Fsp3) is 0.385. The number of anilines is 1. The summed E-state index contributed by atoms with van der Waals surface area (Å²) in [7, 11) is 0. The van der Waals surface area contributed by atoms with Crippen LogP contribution in [0, 0.1) is 11.8 Å². The molecule has 0 aliphatic carbocycles. The minimum atomic E-state index is -4.79. The number of ether oxygens (including phenoxy) is 1. The van der Waals surface area contributed by atoms with E-state index in [0.717, 1.165) is 12.1 Å². The lowest BCUT2D eigenvalue weighted by Crippen LogP contribution is -2.36. The molecule has 0 saturated carbocycles. The third-order valence-electron chi connectivity index (χ3n) is 2.59. The van der Waals surface area contributed by atoms with Crippen molar-refractivity contribution in [3.8, 4) is 5.75 Å². The second kappa shape index (κ2) is 6.75. The zero-order chi connectivity index (χ0) is 16.2. The Morgan fingerprint density at radius 1 is 1.38 bits per heavy atom. The van der Waals surface area contributed by atoms with Gasteiger partial charge in [-0.2, -0.15) is 0 Å². The number of hydrogen-bond donors (Lipinski definition) is 2. The van der Waals surface area contributed by atoms with Gasteiger partial charge in [-0.3, -0.25) is 4.79 Å². The highest BCUT2D eigenvalue weighted by molar-refractivity contribution is 7.80. The van der Waals surface area contributed by atoms with Crippen molar-refractivity contribution in [1.29, 1.82) is 0 Å². The molecule has 3 N–H and O–H groups in total. The molecule has 4 nitrogen and oxygen atoms in total. The minimum absolute atomic E-state index is 0.0326. The predicted molar refractivity (Wildman–Crippen MR) is 76.9 cm³/mol. The van der Waals surface area contributed by atoms with Gasteiger partial charge in [0, 0.05) is 11.8 Å². The number of hydrogen-bond acceptors (Lipinski definition) is 3. The van der Waals surface area contributed by atoms with Gasteiger partial charge in [0.1, 0.15) is 5.75 Å². The number of benzene rings is 1. The van der Waals surface area contributed by atoms with Crippen LogP contribution in [0.15, 0.2) is 24.3 Å². The number of carbonyl (C=O) groups excluding carboxylic acids is 1. The number of amides is 1. The molecular weight excluding hydrogens is 305 g/mol. The third kappa shape index (κ3) is 5.58. The molecule has 0 saturated heterocycles. The first-order valence-electron chi connectivity index (χ1n) is 6.06. The SMILES string of the molecule is CC(C)C(C(=O)Nc1cccc(OC(F)(F)F)c1)C(N)=S. The predicted octanol–water partition coefficient (Wildman–Crippen LogP) is 3.08. The van der Waals surface area contributed by atoms with Crippen molar-refractivity contribution in [3.05, 3.63) is 24.3 Å². The molecule has 0 aliphatic rings. The summed E-state index contributed by atoms with van der Waals surface area (Å²) in [5, 5.41) is 2.48. The summed E-state index contributed by atoms with van der Waals surface area (Å²) in [5.41, 5.74) is 5.67. The molecule has 0 bridgehead atoms. The van der Waals surface area contributed by atoms with Crippen molar-refractivity contribution < 1.29 is 22.7 Å². The number of halogens is 3. The van der Waals surface area contributed by atoms with Crippen molar-refractivity contribution in [2.24, 2.45) is 17.6 Å². The topological polar surface area (TPSA) is 64.3 Å². The van der Waals surface area contributed by atoms with Crippen LogP contribution >= 0.6 is 12.2 Å². The van der Waals surface area contributed by atoms with Crippen molar-refractivity contribution >= 4 is 28.8 Å². The van der Waals surface area contributed by atoms with E-state index in [4.69, 9.17) is 18.0 Å². The highest BCUT2D eigenvalue weighted by Gasteiger charge is 2.31. The first kappa shape index (κ1) is 17.2. The monoisotopic (exact) mass is 320 g/mol. The molecule has 1 rings (SSSR count). The second-order valence-corrected chi connectivity index (χ2v) is 5.16. The van der Waals surface area contributed by atoms with Crippen LogP contribution < -0.4 is 15.8 Å². The standard InChI is InChI=1S/C13H15F3N2O2S/c1-7(2)10(11(17)21)12(19)18-8-4-3-5-9(6-8)20-13(14,15)16/h3-7,10H,1-2H3,(H2,17,21)(H,18,19). The van der Waals surface area contributed by atoms with Crippen LogP contribution in [0.5, 0.6) is 5.75 Å². The average Bonchev–Trinajstić information content (AvgIpc) is 2.25. The van der Waals surface area contributed by atoms with Gasteiger partial charge in [0.05, 0.1) is 10.9 Å². The molecule has 1 atom stereocenters. The Morgan fingerprint density at radius 2 is 2.00 bits per heavy atom. The van der Waals surface area contributed by atoms with Crippen LogP contribution in [0.1, 0.15) is 13.8 Å². The van der Waals surface area contributed by atoms with Crippen molar-refractivity contribution in [1.82, 2.24) is 0 Å². The van der Waals surface area contributed by atoms with E-state index in [1.54, 1.807) is 13.8 Å². The summed E-state index contributed by atoms with van der Waals surface area (Å²) in [6, 6.07) is 4.99. The van der Waals surface area contributed by atoms with E-state index >= 15 is 0 Å². The summed E-state index contributed by atoms with van der Waals surface area (Å²) in [4.78, 5) is 12.1. The Morgan fingerprint density at radius 3 is 2.48 bits per heavy atom. The molecule has 21 heavy (non-hydrogen) atoms. The van der Waals surface area contributed by atoms with Gasteiger partial charge in [0.15, 0.2) is 0 Å². The van der Waals surface area contributed by atoms with Gasteiger partial charge < -0.3 is 15.8 Å². The fourth-order valence-corrected chi connectivity index (χ4v) is 2.13. The van der Waals surface area contributed by atoms with Gasteiger partial charge in [-0.25, -0.2) is 0 Å². The molecule has 0 heterocycles. The van der Waals surface area contributed by atoms with Crippen molar-refractivity contribution in [2.75, 3.05) is 5.32 Å². The van der Waals surface area contributed by atoms with Crippen LogP contribution in [-0.2, 0) is 4.79 Å². The van der Waals surface area contributed by atoms with Gasteiger partial charge in [-0.05, 0) is 18.1 Å². The Kier molecular flexibility index (Phi) is 5.54. The lowest BCUT2D eigenvalue weighted by atomic mass is 9.95. The maximum absolute atomic E-state index is 12.1. The fourth-order valence-electron chi connectivity index (χ4n) is 1.75. The number of nitrogens with one attached hydrogen (secondary N) is 1. The molecule has 1 unspecified atom stereocenters. The smallest absolute Gasteiger partial charge is 0.406 e. The van der Waals surface area contributed by atoms with Crippen LogP contribution in [0.25, 0.3) is 0 Å². The van der Waals surface area contributed by atoms with Crippen molar-refractivity contribution in [3.63, 3.8) is 0 Å². The van der Waals surface area contributed by atoms with E-state index in [-0.39, 0.29) is 16.6 Å². The third-order valence-corrected chi connectivity index (χ3v) is 2.84. The molecule has 0 fully saturated rings. The zero-order valence-electron chi connectivity index (χ0n) is 11.4. The number of carbonyl (C=O) groups is 1. The summed E-state index contributed by atoms with van der Waals surface area (Å²) in [5.74, 6) is -1.72. The molecule has 0 radical (unpaired) electrons. The number of thiocarbonyl (C=S) groups is 1. The van der Waals surface area contributed by atoms with E-state index in [0.29, 0.717) is 0 Å². The molecule has 0 aliphatic heterocycles. The van der Waals surface area contributed by atoms with Gasteiger partial charge in [-0.1, -0.05) is 32.1 Å². The van der Waals surface area contributed by atoms with Crippen LogP contribution in [0.4, 0.5) is 18.9 Å². The van der Waals surface area contributed by atoms with E-state index in [9.17, 15) is 18.0 Å². The van der Waals surface area contributed by atoms with Crippen LogP contribution in [-0.4, -0.2) is 17.3 Å². The van der Waals surface area contributed by atoms with Crippen LogP contribution in [0.2, 0.25) is 0 Å². The first-order valence-corrected chi connectivity index (χ1v) is 6.47. The summed E-state index contributed by atoms with van der Waals surface area (Å²) in [6.07, 6.45) is -4.79. The second-order valence-electron chi connectivity index (χ2n) is 4.69. The Labute approximate surface area is 125 Å². The lowest BCUT2D eigenvalue weighted by Gasteiger charge is -2.19. The molecule has 1 amide bonds. The van der Waals surface area contributed by atoms with Gasteiger partial charge in [-0.15, -0.1) is 13.2 Å². The lowest BCUT2D eigenvalue weighted by molar-refractivity contribution is -0.274. The van der Waals surface area contributed by atoms with E-state index in [2.05, 4.69) is 10.1 Å². The minimum Gasteiger partial charge on any atom is -0.406 e. The molecular formula is C13H15F3N2O2S. The Balaban J connectivity index is 2.86. The van der Waals surface area contributed by atoms with E-state index < -0.39 is 23.9 Å². The quantitative estimate of drug-likeness (QED) is 0.818. The summed E-state index contributed by atoms with van der Waals surface area (Å²) < 4.78 is 40.2. The van der Waals surface area contributed by atoms with Gasteiger partial charge in [0.2, 0.25) is 5.91 Å². The summed E-state index contributed by atoms with van der Waals surface area (Å²) >= 11 is 4.83. The van der Waals surface area contributed by atoms with Gasteiger partial charge in [0.25, 0.3) is 0 Å². The van der Waals surface area contributed by atoms with Gasteiger partial charge >= 0.3 is 6.36 Å². The maximum atomic E-state index is 12.1. The molecule has 0 aromatic heterocycles. The largest absolute Gasteiger partial charge is 0.573 e. The average molecular weight is 320 g/mol. The molecule has 0 spiro atoms. The maximum Gasteiger partial charge on any atom is 0.573 e. The molecule has 8 heteroatoms. The highest BCUT2D eigenvalue weighted by Crippen LogP contribution is 2.25. The zero-order valence-corrected chi connectivity index (χ0v) is 12.2. The van der Waals surface area contributed by atoms with E-state index in [1.165, 1.54) is 12.1 Å². The molecule has 1 aromatic carbocycles. The number of nitrogens with two attached hydrogens (primary N) is 1. The highest BCUT2D eigenvalue weighted by atomic mass is 32.1. The Bertz CT molecular complexity index is 532. The number of rotatable bonds is 5.